The van der Waals surface area contributed by atoms with Gasteiger partial charge in [-0.25, -0.2) is 4.99 Å². The number of hydrogen-bond acceptors (Lipinski definition) is 3. The van der Waals surface area contributed by atoms with Crippen LogP contribution < -0.4 is 20.6 Å². The summed E-state index contributed by atoms with van der Waals surface area (Å²) in [5.41, 5.74) is 3.19. The van der Waals surface area contributed by atoms with Gasteiger partial charge >= 0.3 is 0 Å². The van der Waals surface area contributed by atoms with E-state index in [4.69, 9.17) is 9.73 Å². The highest BCUT2D eigenvalue weighted by molar-refractivity contribution is 5.63. The van der Waals surface area contributed by atoms with E-state index in [1.165, 1.54) is 10.8 Å². The van der Waals surface area contributed by atoms with Gasteiger partial charge in [0.05, 0.1) is 0 Å². The van der Waals surface area contributed by atoms with Crippen LogP contribution in [0.4, 0.5) is 11.4 Å². The lowest BCUT2D eigenvalue weighted by Crippen LogP contribution is -2.17. The standard InChI is InChI=1S/C19H22N2O/c1-4-6-7-14-11-18-17(10-13(14)3)21-16-9-8-15(20-5-2)12-19(16)22-18/h7-12,20H,4-6H2,1-3H3/b14-7-. The average molecular weight is 294 g/mol. The predicted octanol–water partition coefficient (Wildman–Crippen LogP) is 4.06. The Kier molecular flexibility index (Phi) is 4.14. The van der Waals surface area contributed by atoms with Crippen LogP contribution in [-0.2, 0) is 0 Å². The minimum absolute atomic E-state index is 0.816. The molecule has 0 fully saturated rings. The van der Waals surface area contributed by atoms with Crippen molar-refractivity contribution in [1.82, 2.24) is 0 Å². The molecule has 0 saturated carbocycles. The normalized spacial score (nSPS) is 13.0. The zero-order valence-electron chi connectivity index (χ0n) is 13.4. The number of benzene rings is 2. The summed E-state index contributed by atoms with van der Waals surface area (Å²) in [4.78, 5) is 4.73. The van der Waals surface area contributed by atoms with Crippen LogP contribution in [-0.4, -0.2) is 6.54 Å². The smallest absolute Gasteiger partial charge is 0.155 e. The van der Waals surface area contributed by atoms with Gasteiger partial charge in [-0.2, -0.15) is 0 Å². The third kappa shape index (κ3) is 2.84. The lowest BCUT2D eigenvalue weighted by Gasteiger charge is -2.16. The third-order valence-electron chi connectivity index (χ3n) is 3.80. The Morgan fingerprint density at radius 2 is 2.00 bits per heavy atom. The van der Waals surface area contributed by atoms with E-state index in [9.17, 15) is 0 Å². The van der Waals surface area contributed by atoms with Gasteiger partial charge in [0.15, 0.2) is 11.5 Å². The summed E-state index contributed by atoms with van der Waals surface area (Å²) < 4.78 is 6.09. The van der Waals surface area contributed by atoms with E-state index in [0.29, 0.717) is 0 Å². The molecule has 1 aliphatic rings. The van der Waals surface area contributed by atoms with Crippen molar-refractivity contribution in [2.45, 2.75) is 33.6 Å². The van der Waals surface area contributed by atoms with Crippen LogP contribution in [0.1, 0.15) is 32.3 Å². The summed E-state index contributed by atoms with van der Waals surface area (Å²) in [5.74, 6) is 1.66. The van der Waals surface area contributed by atoms with E-state index in [2.05, 4.69) is 44.3 Å². The summed E-state index contributed by atoms with van der Waals surface area (Å²) >= 11 is 0. The molecule has 3 nitrogen and oxygen atoms in total. The van der Waals surface area contributed by atoms with Gasteiger partial charge in [0.1, 0.15) is 11.0 Å². The van der Waals surface area contributed by atoms with Gasteiger partial charge in [-0.1, -0.05) is 19.4 Å². The fourth-order valence-electron chi connectivity index (χ4n) is 2.63. The summed E-state index contributed by atoms with van der Waals surface area (Å²) in [5, 5.41) is 5.45. The summed E-state index contributed by atoms with van der Waals surface area (Å²) in [7, 11) is 0. The molecule has 0 spiro atoms. The van der Waals surface area contributed by atoms with Crippen molar-refractivity contribution in [3.63, 3.8) is 0 Å². The van der Waals surface area contributed by atoms with Gasteiger partial charge in [-0.3, -0.25) is 0 Å². The largest absolute Gasteiger partial charge is 0.453 e. The molecule has 0 unspecified atom stereocenters. The van der Waals surface area contributed by atoms with Crippen molar-refractivity contribution in [3.05, 3.63) is 46.5 Å². The van der Waals surface area contributed by atoms with Gasteiger partial charge in [0, 0.05) is 18.3 Å². The van der Waals surface area contributed by atoms with E-state index < -0.39 is 0 Å². The van der Waals surface area contributed by atoms with Crippen LogP contribution in [0.2, 0.25) is 0 Å². The molecule has 3 rings (SSSR count). The Labute approximate surface area is 131 Å². The second-order valence-corrected chi connectivity index (χ2v) is 5.60. The molecule has 2 aromatic carbocycles. The Hall–Kier alpha value is -2.29. The van der Waals surface area contributed by atoms with Crippen molar-refractivity contribution in [3.8, 4) is 11.5 Å². The monoisotopic (exact) mass is 294 g/mol. The Balaban J connectivity index is 2.06. The predicted molar refractivity (Wildman–Crippen MR) is 91.7 cm³/mol. The summed E-state index contributed by atoms with van der Waals surface area (Å²) in [6.45, 7) is 7.29. The second-order valence-electron chi connectivity index (χ2n) is 5.60. The van der Waals surface area contributed by atoms with Gasteiger partial charge in [-0.05, 0) is 55.3 Å². The van der Waals surface area contributed by atoms with Crippen LogP contribution in [0.25, 0.3) is 6.08 Å². The molecule has 0 atom stereocenters. The molecule has 0 radical (unpaired) electrons. The van der Waals surface area contributed by atoms with Crippen molar-refractivity contribution in [1.29, 1.82) is 0 Å². The van der Waals surface area contributed by atoms with Gasteiger partial charge in [0.25, 0.3) is 0 Å². The number of rotatable bonds is 4. The molecular weight excluding hydrogens is 272 g/mol. The highest BCUT2D eigenvalue weighted by Crippen LogP contribution is 2.35. The van der Waals surface area contributed by atoms with E-state index in [0.717, 1.165) is 47.6 Å². The lowest BCUT2D eigenvalue weighted by molar-refractivity contribution is 0.469. The molecule has 2 aromatic rings. The SMILES string of the molecule is CCC/C=c1/cc2c(cc1C)=Nc1ccc(NCC)cc1O2. The number of anilines is 1. The molecule has 0 saturated heterocycles. The number of hydrogen-bond donors (Lipinski definition) is 1. The Morgan fingerprint density at radius 1 is 1.14 bits per heavy atom. The molecule has 1 aliphatic heterocycles. The summed E-state index contributed by atoms with van der Waals surface area (Å²) in [6, 6.07) is 10.3. The van der Waals surface area contributed by atoms with Crippen LogP contribution in [0.15, 0.2) is 35.3 Å². The minimum Gasteiger partial charge on any atom is -0.453 e. The quantitative estimate of drug-likeness (QED) is 0.787. The van der Waals surface area contributed by atoms with Crippen LogP contribution in [0.3, 0.4) is 0 Å². The zero-order chi connectivity index (χ0) is 15.5. The number of aryl methyl sites for hydroxylation is 1. The molecular formula is C19H22N2O. The van der Waals surface area contributed by atoms with Crippen molar-refractivity contribution in [2.24, 2.45) is 4.99 Å². The number of ether oxygens (including phenoxy) is 1. The molecule has 0 amide bonds. The first-order valence-electron chi connectivity index (χ1n) is 7.96. The first-order valence-corrected chi connectivity index (χ1v) is 7.96. The van der Waals surface area contributed by atoms with Crippen LogP contribution in [0, 0.1) is 6.92 Å². The van der Waals surface area contributed by atoms with E-state index >= 15 is 0 Å². The second kappa shape index (κ2) is 6.22. The lowest BCUT2D eigenvalue weighted by atomic mass is 10.1. The topological polar surface area (TPSA) is 33.6 Å². The number of unbranched alkanes of at least 4 members (excludes halogenated alkanes) is 1. The molecule has 114 valence electrons. The van der Waals surface area contributed by atoms with E-state index in [1.807, 2.05) is 18.2 Å². The molecule has 1 N–H and O–H groups in total. The van der Waals surface area contributed by atoms with Gasteiger partial charge in [0.2, 0.25) is 0 Å². The minimum atomic E-state index is 0.816. The van der Waals surface area contributed by atoms with Crippen molar-refractivity contribution < 1.29 is 4.74 Å². The van der Waals surface area contributed by atoms with E-state index in [-0.39, 0.29) is 0 Å². The van der Waals surface area contributed by atoms with Gasteiger partial charge in [-0.15, -0.1) is 0 Å². The molecule has 22 heavy (non-hydrogen) atoms. The Morgan fingerprint density at radius 3 is 2.77 bits per heavy atom. The van der Waals surface area contributed by atoms with E-state index in [1.54, 1.807) is 0 Å². The van der Waals surface area contributed by atoms with Crippen LogP contribution in [0.5, 0.6) is 11.5 Å². The first-order chi connectivity index (χ1) is 10.7. The number of nitrogens with zero attached hydrogens (tertiary/aromatic N) is 1. The highest BCUT2D eigenvalue weighted by Gasteiger charge is 2.13. The number of fused-ring (bicyclic) bond motifs is 2. The zero-order valence-corrected chi connectivity index (χ0v) is 13.4. The maximum absolute atomic E-state index is 6.09. The highest BCUT2D eigenvalue weighted by atomic mass is 16.5. The molecule has 1 heterocycles. The first kappa shape index (κ1) is 14.6. The fourth-order valence-corrected chi connectivity index (χ4v) is 2.63. The molecule has 0 aromatic heterocycles. The average Bonchev–Trinajstić information content (AvgIpc) is 2.51. The Bertz CT molecular complexity index is 809. The van der Waals surface area contributed by atoms with Crippen LogP contribution >= 0.6 is 0 Å². The van der Waals surface area contributed by atoms with Crippen molar-refractivity contribution in [2.75, 3.05) is 11.9 Å². The third-order valence-corrected chi connectivity index (χ3v) is 3.80. The molecule has 0 aliphatic carbocycles. The maximum Gasteiger partial charge on any atom is 0.155 e. The number of nitrogens with one attached hydrogen (secondary N) is 1. The molecule has 0 bridgehead atoms. The van der Waals surface area contributed by atoms with Crippen molar-refractivity contribution >= 4 is 17.5 Å². The molecule has 3 heteroatoms. The fraction of sp³-hybridized carbons (Fsp3) is 0.316. The summed E-state index contributed by atoms with van der Waals surface area (Å²) in [6.07, 6.45) is 4.50. The maximum atomic E-state index is 6.09. The van der Waals surface area contributed by atoms with Gasteiger partial charge < -0.3 is 10.1 Å².